The quantitative estimate of drug-likeness (QED) is 0.734. The van der Waals surface area contributed by atoms with E-state index in [1.54, 1.807) is 6.26 Å². The van der Waals surface area contributed by atoms with Crippen LogP contribution in [0.5, 0.6) is 0 Å². The van der Waals surface area contributed by atoms with E-state index in [1.165, 1.54) is 6.26 Å². The fourth-order valence-electron chi connectivity index (χ4n) is 2.28. The van der Waals surface area contributed by atoms with Crippen LogP contribution in [0.1, 0.15) is 31.4 Å². The number of aryl methyl sites for hydroxylation is 1. The van der Waals surface area contributed by atoms with E-state index in [0.717, 1.165) is 18.4 Å². The number of aliphatic carboxylic acids is 1. The molecule has 82 valence electrons. The Bertz CT molecular complexity index is 408. The molecule has 1 aromatic rings. The van der Waals surface area contributed by atoms with Gasteiger partial charge in [0.25, 0.3) is 0 Å². The van der Waals surface area contributed by atoms with Gasteiger partial charge < -0.3 is 15.3 Å². The highest BCUT2D eigenvalue weighted by molar-refractivity contribution is 5.82. The number of carboxylic acid groups (broad SMARTS) is 1. The molecule has 0 aromatic carbocycles. The lowest BCUT2D eigenvalue weighted by Crippen LogP contribution is -2.58. The Balaban J connectivity index is 2.64. The van der Waals surface area contributed by atoms with Crippen LogP contribution in [0.4, 0.5) is 0 Å². The number of furan rings is 1. The minimum atomic E-state index is -1.34. The molecular weight excluding hydrogens is 194 g/mol. The fourth-order valence-corrected chi connectivity index (χ4v) is 2.28. The first-order chi connectivity index (χ1) is 6.89. The lowest BCUT2D eigenvalue weighted by molar-refractivity contribution is -0.149. The molecule has 0 fully saturated rings. The Morgan fingerprint density at radius 1 is 1.53 bits per heavy atom. The highest BCUT2D eigenvalue weighted by Gasteiger charge is 2.53. The van der Waals surface area contributed by atoms with Crippen LogP contribution in [-0.2, 0) is 16.8 Å². The molecule has 1 unspecified atom stereocenters. The first-order valence-electron chi connectivity index (χ1n) is 4.97. The summed E-state index contributed by atoms with van der Waals surface area (Å²) in [4.78, 5) is 11.4. The van der Waals surface area contributed by atoms with Crippen molar-refractivity contribution in [2.24, 2.45) is 11.1 Å². The molecule has 3 N–H and O–H groups in total. The SMILES string of the molecule is CC1(C)CCc2cocc2C1(N)C(=O)O. The Morgan fingerprint density at radius 3 is 2.80 bits per heavy atom. The minimum absolute atomic E-state index is 0.463. The van der Waals surface area contributed by atoms with Crippen LogP contribution in [0.2, 0.25) is 0 Å². The van der Waals surface area contributed by atoms with Gasteiger partial charge in [-0.1, -0.05) is 13.8 Å². The van der Waals surface area contributed by atoms with Crippen molar-refractivity contribution < 1.29 is 14.3 Å². The van der Waals surface area contributed by atoms with Gasteiger partial charge in [-0.2, -0.15) is 0 Å². The van der Waals surface area contributed by atoms with Crippen LogP contribution < -0.4 is 5.73 Å². The first-order valence-corrected chi connectivity index (χ1v) is 4.97. The first kappa shape index (κ1) is 10.2. The molecule has 4 nitrogen and oxygen atoms in total. The maximum Gasteiger partial charge on any atom is 0.329 e. The van der Waals surface area contributed by atoms with E-state index in [2.05, 4.69) is 0 Å². The zero-order valence-corrected chi connectivity index (χ0v) is 8.91. The van der Waals surface area contributed by atoms with E-state index in [-0.39, 0.29) is 0 Å². The largest absolute Gasteiger partial charge is 0.480 e. The van der Waals surface area contributed by atoms with Gasteiger partial charge in [0.05, 0.1) is 12.5 Å². The Kier molecular flexibility index (Phi) is 1.95. The summed E-state index contributed by atoms with van der Waals surface area (Å²) in [5.74, 6) is -0.991. The monoisotopic (exact) mass is 209 g/mol. The number of fused-ring (bicyclic) bond motifs is 1. The zero-order valence-electron chi connectivity index (χ0n) is 8.91. The number of hydrogen-bond donors (Lipinski definition) is 2. The third-order valence-electron chi connectivity index (χ3n) is 3.59. The topological polar surface area (TPSA) is 76.5 Å². The van der Waals surface area contributed by atoms with Crippen LogP contribution in [-0.4, -0.2) is 11.1 Å². The summed E-state index contributed by atoms with van der Waals surface area (Å²) in [5, 5.41) is 9.33. The molecule has 1 heterocycles. The lowest BCUT2D eigenvalue weighted by Gasteiger charge is -2.43. The predicted molar refractivity (Wildman–Crippen MR) is 54.3 cm³/mol. The number of carbonyl (C=O) groups is 1. The van der Waals surface area contributed by atoms with Crippen LogP contribution in [0.25, 0.3) is 0 Å². The van der Waals surface area contributed by atoms with Gasteiger partial charge in [0.15, 0.2) is 0 Å². The highest BCUT2D eigenvalue weighted by atomic mass is 16.4. The summed E-state index contributed by atoms with van der Waals surface area (Å²) in [6, 6.07) is 0. The van der Waals surface area contributed by atoms with Gasteiger partial charge in [0, 0.05) is 5.56 Å². The number of hydrogen-bond acceptors (Lipinski definition) is 3. The van der Waals surface area contributed by atoms with Crippen LogP contribution in [0.3, 0.4) is 0 Å². The van der Waals surface area contributed by atoms with Crippen LogP contribution in [0, 0.1) is 5.41 Å². The molecule has 0 radical (unpaired) electrons. The van der Waals surface area contributed by atoms with Gasteiger partial charge in [-0.3, -0.25) is 0 Å². The van der Waals surface area contributed by atoms with Crippen molar-refractivity contribution in [1.82, 2.24) is 0 Å². The van der Waals surface area contributed by atoms with Gasteiger partial charge in [0.1, 0.15) is 5.54 Å². The van der Waals surface area contributed by atoms with Crippen molar-refractivity contribution in [3.8, 4) is 0 Å². The maximum atomic E-state index is 11.4. The molecule has 0 spiro atoms. The van der Waals surface area contributed by atoms with E-state index in [4.69, 9.17) is 10.2 Å². The van der Waals surface area contributed by atoms with E-state index in [9.17, 15) is 9.90 Å². The maximum absolute atomic E-state index is 11.4. The van der Waals surface area contributed by atoms with Crippen molar-refractivity contribution >= 4 is 5.97 Å². The average Bonchev–Trinajstić information content (AvgIpc) is 2.60. The molecule has 4 heteroatoms. The third kappa shape index (κ3) is 1.14. The highest BCUT2D eigenvalue weighted by Crippen LogP contribution is 2.47. The van der Waals surface area contributed by atoms with E-state index in [1.807, 2.05) is 13.8 Å². The predicted octanol–water partition coefficient (Wildman–Crippen LogP) is 1.49. The molecule has 0 amide bonds. The summed E-state index contributed by atoms with van der Waals surface area (Å²) in [7, 11) is 0. The van der Waals surface area contributed by atoms with E-state index >= 15 is 0 Å². The van der Waals surface area contributed by atoms with Crippen molar-refractivity contribution in [2.45, 2.75) is 32.2 Å². The second-order valence-corrected chi connectivity index (χ2v) is 4.81. The molecule has 1 aliphatic carbocycles. The Hall–Kier alpha value is -1.29. The molecule has 15 heavy (non-hydrogen) atoms. The average molecular weight is 209 g/mol. The lowest BCUT2D eigenvalue weighted by atomic mass is 9.62. The normalized spacial score (nSPS) is 28.5. The van der Waals surface area contributed by atoms with Crippen molar-refractivity contribution in [1.29, 1.82) is 0 Å². The summed E-state index contributed by atoms with van der Waals surface area (Å²) < 4.78 is 5.06. The Labute approximate surface area is 88.1 Å². The van der Waals surface area contributed by atoms with Gasteiger partial charge in [-0.25, -0.2) is 4.79 Å². The molecular formula is C11H15NO3. The van der Waals surface area contributed by atoms with Crippen LogP contribution >= 0.6 is 0 Å². The molecule has 0 saturated heterocycles. The van der Waals surface area contributed by atoms with Gasteiger partial charge in [-0.05, 0) is 23.8 Å². The molecule has 0 saturated carbocycles. The van der Waals surface area contributed by atoms with Gasteiger partial charge in [0.2, 0.25) is 0 Å². The number of rotatable bonds is 1. The second-order valence-electron chi connectivity index (χ2n) is 4.81. The fraction of sp³-hybridized carbons (Fsp3) is 0.545. The molecule has 0 aliphatic heterocycles. The summed E-state index contributed by atoms with van der Waals surface area (Å²) in [6.45, 7) is 3.77. The molecule has 1 atom stereocenters. The van der Waals surface area contributed by atoms with Crippen molar-refractivity contribution in [2.75, 3.05) is 0 Å². The molecule has 0 bridgehead atoms. The third-order valence-corrected chi connectivity index (χ3v) is 3.59. The molecule has 1 aromatic heterocycles. The van der Waals surface area contributed by atoms with E-state index < -0.39 is 16.9 Å². The summed E-state index contributed by atoms with van der Waals surface area (Å²) >= 11 is 0. The van der Waals surface area contributed by atoms with Crippen LogP contribution in [0.15, 0.2) is 16.9 Å². The van der Waals surface area contributed by atoms with Gasteiger partial charge in [-0.15, -0.1) is 0 Å². The standard InChI is InChI=1S/C11H15NO3/c1-10(2)4-3-7-5-15-6-8(7)11(10,12)9(13)14/h5-6H,3-4,12H2,1-2H3,(H,13,14). The Morgan fingerprint density at radius 2 is 2.20 bits per heavy atom. The van der Waals surface area contributed by atoms with E-state index in [0.29, 0.717) is 5.56 Å². The smallest absolute Gasteiger partial charge is 0.329 e. The summed E-state index contributed by atoms with van der Waals surface area (Å²) in [6.07, 6.45) is 4.63. The van der Waals surface area contributed by atoms with Crippen molar-refractivity contribution in [3.05, 3.63) is 23.7 Å². The number of nitrogens with two attached hydrogens (primary N) is 1. The van der Waals surface area contributed by atoms with Crippen molar-refractivity contribution in [3.63, 3.8) is 0 Å². The second kappa shape index (κ2) is 2.85. The molecule has 1 aliphatic rings. The summed E-state index contributed by atoms with van der Waals surface area (Å²) in [5.41, 5.74) is 5.81. The number of carboxylic acids is 1. The molecule has 2 rings (SSSR count). The van der Waals surface area contributed by atoms with Gasteiger partial charge >= 0.3 is 5.97 Å². The minimum Gasteiger partial charge on any atom is -0.480 e. The zero-order chi connectivity index (χ0) is 11.3.